The first kappa shape index (κ1) is 11.7. The summed E-state index contributed by atoms with van der Waals surface area (Å²) >= 11 is 0. The fraction of sp³-hybridized carbons (Fsp3) is 0.417. The molecule has 0 amide bonds. The monoisotopic (exact) mass is 208 g/mol. The van der Waals surface area contributed by atoms with Crippen LogP contribution in [0.5, 0.6) is 0 Å². The Hall–Kier alpha value is -1.35. The van der Waals surface area contributed by atoms with Crippen molar-refractivity contribution < 1.29 is 15.0 Å². The molecule has 15 heavy (non-hydrogen) atoms. The molecule has 0 aromatic heterocycles. The molecule has 2 atom stereocenters. The van der Waals surface area contributed by atoms with Gasteiger partial charge in [0.15, 0.2) is 0 Å². The van der Waals surface area contributed by atoms with Crippen LogP contribution >= 0.6 is 0 Å². The van der Waals surface area contributed by atoms with Gasteiger partial charge in [-0.2, -0.15) is 0 Å². The highest BCUT2D eigenvalue weighted by atomic mass is 16.4. The average Bonchev–Trinajstić information content (AvgIpc) is 2.20. The summed E-state index contributed by atoms with van der Waals surface area (Å²) in [6.45, 7) is 5.34. The number of carboxylic acid groups (broad SMARTS) is 1. The molecule has 0 bridgehead atoms. The highest BCUT2D eigenvalue weighted by molar-refractivity contribution is 5.70. The van der Waals surface area contributed by atoms with E-state index in [9.17, 15) is 9.90 Å². The second kappa shape index (κ2) is 4.45. The Morgan fingerprint density at radius 1 is 1.33 bits per heavy atom. The second-order valence-electron chi connectivity index (χ2n) is 3.86. The molecule has 0 aliphatic carbocycles. The second-order valence-corrected chi connectivity index (χ2v) is 3.86. The van der Waals surface area contributed by atoms with Crippen LogP contribution in [0.4, 0.5) is 0 Å². The van der Waals surface area contributed by atoms with Gasteiger partial charge in [-0.3, -0.25) is 4.79 Å². The van der Waals surface area contributed by atoms with Gasteiger partial charge in [0.25, 0.3) is 0 Å². The Kier molecular flexibility index (Phi) is 3.48. The first-order valence-electron chi connectivity index (χ1n) is 4.92. The molecule has 3 nitrogen and oxygen atoms in total. The zero-order valence-electron chi connectivity index (χ0n) is 9.19. The van der Waals surface area contributed by atoms with E-state index in [1.54, 1.807) is 6.07 Å². The summed E-state index contributed by atoms with van der Waals surface area (Å²) in [5.74, 6) is -1.77. The summed E-state index contributed by atoms with van der Waals surface area (Å²) in [6.07, 6.45) is -0.942. The van der Waals surface area contributed by atoms with Crippen molar-refractivity contribution in [1.82, 2.24) is 0 Å². The fourth-order valence-electron chi connectivity index (χ4n) is 1.50. The minimum Gasteiger partial charge on any atom is -0.481 e. The molecule has 1 aromatic carbocycles. The minimum absolute atomic E-state index is 0.699. The predicted molar refractivity (Wildman–Crippen MR) is 57.7 cm³/mol. The first-order valence-corrected chi connectivity index (χ1v) is 4.92. The number of hydrogen-bond acceptors (Lipinski definition) is 2. The molecule has 0 saturated heterocycles. The van der Waals surface area contributed by atoms with Crippen LogP contribution in [0.2, 0.25) is 0 Å². The summed E-state index contributed by atoms with van der Waals surface area (Å²) in [6, 6.07) is 5.54. The standard InChI is InChI=1S/C12H16O3/c1-7-5-4-6-10(8(7)2)11(13)9(3)12(14)15/h4-6,9,11,13H,1-3H3,(H,14,15). The van der Waals surface area contributed by atoms with Crippen LogP contribution < -0.4 is 0 Å². The highest BCUT2D eigenvalue weighted by Gasteiger charge is 2.24. The Morgan fingerprint density at radius 3 is 2.47 bits per heavy atom. The third-order valence-corrected chi connectivity index (χ3v) is 2.83. The van der Waals surface area contributed by atoms with Gasteiger partial charge in [0.05, 0.1) is 12.0 Å². The van der Waals surface area contributed by atoms with Gasteiger partial charge < -0.3 is 10.2 Å². The van der Waals surface area contributed by atoms with Crippen LogP contribution in [-0.2, 0) is 4.79 Å². The molecular formula is C12H16O3. The maximum atomic E-state index is 10.8. The van der Waals surface area contributed by atoms with Gasteiger partial charge in [-0.25, -0.2) is 0 Å². The molecule has 1 aromatic rings. The van der Waals surface area contributed by atoms with Crippen LogP contribution in [-0.4, -0.2) is 16.2 Å². The molecule has 0 aliphatic rings. The lowest BCUT2D eigenvalue weighted by atomic mass is 9.92. The maximum Gasteiger partial charge on any atom is 0.309 e. The van der Waals surface area contributed by atoms with E-state index < -0.39 is 18.0 Å². The number of aryl methyl sites for hydroxylation is 1. The van der Waals surface area contributed by atoms with Gasteiger partial charge in [-0.1, -0.05) is 18.2 Å². The van der Waals surface area contributed by atoms with E-state index in [-0.39, 0.29) is 0 Å². The van der Waals surface area contributed by atoms with Crippen LogP contribution in [0.25, 0.3) is 0 Å². The average molecular weight is 208 g/mol. The number of aliphatic carboxylic acids is 1. The predicted octanol–water partition coefficient (Wildman–Crippen LogP) is 2.06. The van der Waals surface area contributed by atoms with Crippen molar-refractivity contribution in [3.05, 3.63) is 34.9 Å². The number of aliphatic hydroxyl groups excluding tert-OH is 1. The zero-order chi connectivity index (χ0) is 11.6. The lowest BCUT2D eigenvalue weighted by molar-refractivity contribution is -0.145. The zero-order valence-corrected chi connectivity index (χ0v) is 9.19. The molecule has 82 valence electrons. The van der Waals surface area contributed by atoms with Crippen molar-refractivity contribution in [2.75, 3.05) is 0 Å². The molecule has 2 unspecified atom stereocenters. The van der Waals surface area contributed by atoms with Gasteiger partial charge in [0, 0.05) is 0 Å². The van der Waals surface area contributed by atoms with E-state index in [0.29, 0.717) is 5.56 Å². The number of hydrogen-bond donors (Lipinski definition) is 2. The summed E-state index contributed by atoms with van der Waals surface area (Å²) in [5.41, 5.74) is 2.71. The van der Waals surface area contributed by atoms with Crippen LogP contribution in [0.3, 0.4) is 0 Å². The Labute approximate surface area is 89.4 Å². The van der Waals surface area contributed by atoms with Crippen molar-refractivity contribution >= 4 is 5.97 Å². The first-order chi connectivity index (χ1) is 6.95. The lowest BCUT2D eigenvalue weighted by Gasteiger charge is -2.18. The third-order valence-electron chi connectivity index (χ3n) is 2.83. The maximum absolute atomic E-state index is 10.8. The molecular weight excluding hydrogens is 192 g/mol. The smallest absolute Gasteiger partial charge is 0.309 e. The van der Waals surface area contributed by atoms with Gasteiger partial charge in [-0.15, -0.1) is 0 Å². The Bertz CT molecular complexity index is 371. The molecule has 3 heteroatoms. The Morgan fingerprint density at radius 2 is 1.93 bits per heavy atom. The van der Waals surface area contributed by atoms with E-state index in [0.717, 1.165) is 11.1 Å². The van der Waals surface area contributed by atoms with Crippen LogP contribution in [0.15, 0.2) is 18.2 Å². The van der Waals surface area contributed by atoms with Gasteiger partial charge in [0.2, 0.25) is 0 Å². The minimum atomic E-state index is -0.983. The molecule has 0 saturated carbocycles. The van der Waals surface area contributed by atoms with E-state index in [1.165, 1.54) is 6.92 Å². The van der Waals surface area contributed by atoms with Gasteiger partial charge >= 0.3 is 5.97 Å². The summed E-state index contributed by atoms with van der Waals surface area (Å²) in [7, 11) is 0. The number of aliphatic hydroxyl groups is 1. The van der Waals surface area contributed by atoms with E-state index >= 15 is 0 Å². The summed E-state index contributed by atoms with van der Waals surface area (Å²) < 4.78 is 0. The number of benzene rings is 1. The molecule has 0 radical (unpaired) electrons. The molecule has 0 heterocycles. The van der Waals surface area contributed by atoms with Crippen molar-refractivity contribution in [1.29, 1.82) is 0 Å². The highest BCUT2D eigenvalue weighted by Crippen LogP contribution is 2.26. The fourth-order valence-corrected chi connectivity index (χ4v) is 1.50. The summed E-state index contributed by atoms with van der Waals surface area (Å²) in [5, 5.41) is 18.7. The molecule has 0 aliphatic heterocycles. The third kappa shape index (κ3) is 2.36. The van der Waals surface area contributed by atoms with E-state index in [1.807, 2.05) is 26.0 Å². The van der Waals surface area contributed by atoms with E-state index in [4.69, 9.17) is 5.11 Å². The normalized spacial score (nSPS) is 14.7. The van der Waals surface area contributed by atoms with Gasteiger partial charge in [-0.05, 0) is 37.5 Å². The number of rotatable bonds is 3. The lowest BCUT2D eigenvalue weighted by Crippen LogP contribution is -2.19. The number of carbonyl (C=O) groups is 1. The van der Waals surface area contributed by atoms with Crippen LogP contribution in [0, 0.1) is 19.8 Å². The Balaban J connectivity index is 3.06. The van der Waals surface area contributed by atoms with Crippen molar-refractivity contribution in [3.63, 3.8) is 0 Å². The summed E-state index contributed by atoms with van der Waals surface area (Å²) in [4.78, 5) is 10.8. The van der Waals surface area contributed by atoms with Crippen molar-refractivity contribution in [2.24, 2.45) is 5.92 Å². The quantitative estimate of drug-likeness (QED) is 0.799. The van der Waals surface area contributed by atoms with Gasteiger partial charge in [0.1, 0.15) is 0 Å². The van der Waals surface area contributed by atoms with Crippen molar-refractivity contribution in [2.45, 2.75) is 26.9 Å². The largest absolute Gasteiger partial charge is 0.481 e. The van der Waals surface area contributed by atoms with Crippen molar-refractivity contribution in [3.8, 4) is 0 Å². The number of carboxylic acids is 1. The molecule has 2 N–H and O–H groups in total. The SMILES string of the molecule is Cc1cccc(C(O)C(C)C(=O)O)c1C. The van der Waals surface area contributed by atoms with E-state index in [2.05, 4.69) is 0 Å². The van der Waals surface area contributed by atoms with Crippen LogP contribution in [0.1, 0.15) is 29.7 Å². The molecule has 0 fully saturated rings. The molecule has 0 spiro atoms. The molecule has 1 rings (SSSR count). The topological polar surface area (TPSA) is 57.5 Å².